The zero-order valence-corrected chi connectivity index (χ0v) is 4.55. The maximum atomic E-state index is 8.53. The Morgan fingerprint density at radius 1 is 1.57 bits per heavy atom. The molecular weight excluding hydrogens is 94.0 g/mol. The minimum absolute atomic E-state index is 0.590. The van der Waals surface area contributed by atoms with Crippen LogP contribution < -0.4 is 5.73 Å². The third-order valence-electron chi connectivity index (χ3n) is 0.863. The molecule has 0 saturated carbocycles. The van der Waals surface area contributed by atoms with Crippen molar-refractivity contribution in [2.75, 3.05) is 0 Å². The molecule has 1 atom stereocenters. The molecule has 3 nitrogen and oxygen atoms in total. The molecule has 3 heteroatoms. The predicted octanol–water partition coefficient (Wildman–Crippen LogP) is -0.966. The van der Waals surface area contributed by atoms with Gasteiger partial charge in [-0.2, -0.15) is 0 Å². The van der Waals surface area contributed by atoms with Crippen molar-refractivity contribution in [3.63, 3.8) is 0 Å². The maximum absolute atomic E-state index is 8.53. The summed E-state index contributed by atoms with van der Waals surface area (Å²) in [6, 6.07) is -0.590. The molecule has 0 unspecified atom stereocenters. The largest absolute Gasteiger partial charge is 0.365 e. The fourth-order valence-corrected chi connectivity index (χ4v) is 0. The van der Waals surface area contributed by atoms with E-state index < -0.39 is 11.8 Å². The lowest BCUT2D eigenvalue weighted by molar-refractivity contribution is -0.157. The van der Waals surface area contributed by atoms with Gasteiger partial charge in [-0.05, 0) is 13.8 Å². The first kappa shape index (κ1) is 6.88. The molecule has 0 aromatic rings. The Labute approximate surface area is 42.8 Å². The van der Waals surface area contributed by atoms with E-state index in [9.17, 15) is 0 Å². The highest BCUT2D eigenvalue weighted by Crippen LogP contribution is 1.99. The van der Waals surface area contributed by atoms with E-state index in [4.69, 9.17) is 15.9 Å². The highest BCUT2D eigenvalue weighted by atomic mass is 16.5. The van der Waals surface area contributed by atoms with Gasteiger partial charge in [0.15, 0.2) is 5.79 Å². The van der Waals surface area contributed by atoms with Crippen LogP contribution in [0.25, 0.3) is 0 Å². The first-order chi connectivity index (χ1) is 2.94. The van der Waals surface area contributed by atoms with E-state index in [1.54, 1.807) is 0 Å². The maximum Gasteiger partial charge on any atom is 0.174 e. The topological polar surface area (TPSA) is 66.5 Å². The first-order valence-electron chi connectivity index (χ1n) is 2.15. The van der Waals surface area contributed by atoms with E-state index in [1.165, 1.54) is 13.8 Å². The Bertz CT molecular complexity index is 55.2. The van der Waals surface area contributed by atoms with Crippen LogP contribution in [0.2, 0.25) is 0 Å². The summed E-state index contributed by atoms with van der Waals surface area (Å²) in [6.45, 7) is 2.78. The highest BCUT2D eigenvalue weighted by Gasteiger charge is 2.19. The van der Waals surface area contributed by atoms with Gasteiger partial charge in [0.1, 0.15) is 0 Å². The summed E-state index contributed by atoms with van der Waals surface area (Å²) in [4.78, 5) is 0. The number of nitrogens with two attached hydrogens (primary N) is 1. The molecule has 0 amide bonds. The van der Waals surface area contributed by atoms with E-state index in [0.717, 1.165) is 0 Å². The second kappa shape index (κ2) is 1.78. The molecule has 0 aromatic carbocycles. The molecule has 0 radical (unpaired) electrons. The van der Waals surface area contributed by atoms with Crippen molar-refractivity contribution >= 4 is 0 Å². The SMILES string of the molecule is C[C@H](N)C(C)(O)O. The van der Waals surface area contributed by atoms with Crippen LogP contribution in [0.15, 0.2) is 0 Å². The normalized spacial score (nSPS) is 16.7. The van der Waals surface area contributed by atoms with Crippen LogP contribution in [0.4, 0.5) is 0 Å². The molecule has 0 aliphatic carbocycles. The Hall–Kier alpha value is -0.120. The van der Waals surface area contributed by atoms with Crippen molar-refractivity contribution in [3.05, 3.63) is 0 Å². The second-order valence-corrected chi connectivity index (χ2v) is 1.88. The lowest BCUT2D eigenvalue weighted by Crippen LogP contribution is -2.42. The van der Waals surface area contributed by atoms with E-state index in [0.29, 0.717) is 0 Å². The van der Waals surface area contributed by atoms with Crippen LogP contribution >= 0.6 is 0 Å². The average Bonchev–Trinajstić information content (AvgIpc) is 1.31. The molecule has 0 rings (SSSR count). The Balaban J connectivity index is 3.54. The van der Waals surface area contributed by atoms with Gasteiger partial charge in [-0.25, -0.2) is 0 Å². The van der Waals surface area contributed by atoms with E-state index in [-0.39, 0.29) is 0 Å². The third-order valence-corrected chi connectivity index (χ3v) is 0.863. The van der Waals surface area contributed by atoms with E-state index >= 15 is 0 Å². The minimum atomic E-state index is -1.72. The molecular formula is C4H11NO2. The predicted molar refractivity (Wildman–Crippen MR) is 26.5 cm³/mol. The van der Waals surface area contributed by atoms with Crippen LogP contribution in [0, 0.1) is 0 Å². The van der Waals surface area contributed by atoms with Crippen molar-refractivity contribution < 1.29 is 10.2 Å². The van der Waals surface area contributed by atoms with Crippen molar-refractivity contribution in [3.8, 4) is 0 Å². The van der Waals surface area contributed by atoms with Gasteiger partial charge in [-0.3, -0.25) is 0 Å². The number of hydrogen-bond acceptors (Lipinski definition) is 3. The van der Waals surface area contributed by atoms with Crippen LogP contribution in [0.5, 0.6) is 0 Å². The lowest BCUT2D eigenvalue weighted by atomic mass is 10.2. The summed E-state index contributed by atoms with van der Waals surface area (Å²) in [5.41, 5.74) is 5.07. The Morgan fingerprint density at radius 3 is 1.71 bits per heavy atom. The summed E-state index contributed by atoms with van der Waals surface area (Å²) < 4.78 is 0. The third kappa shape index (κ3) is 2.56. The molecule has 0 fully saturated rings. The molecule has 0 bridgehead atoms. The standard InChI is InChI=1S/C4H11NO2/c1-3(5)4(2,6)7/h3,6-7H,5H2,1-2H3/t3-/m0/s1. The van der Waals surface area contributed by atoms with Crippen LogP contribution in [0.1, 0.15) is 13.8 Å². The molecule has 44 valence electrons. The average molecular weight is 105 g/mol. The van der Waals surface area contributed by atoms with E-state index in [2.05, 4.69) is 0 Å². The van der Waals surface area contributed by atoms with Crippen molar-refractivity contribution in [2.45, 2.75) is 25.7 Å². The number of rotatable bonds is 1. The van der Waals surface area contributed by atoms with Crippen molar-refractivity contribution in [2.24, 2.45) is 5.73 Å². The molecule has 4 N–H and O–H groups in total. The van der Waals surface area contributed by atoms with Crippen molar-refractivity contribution in [1.29, 1.82) is 0 Å². The fourth-order valence-electron chi connectivity index (χ4n) is 0. The van der Waals surface area contributed by atoms with Gasteiger partial charge in [-0.1, -0.05) is 0 Å². The van der Waals surface area contributed by atoms with Gasteiger partial charge in [0, 0.05) is 0 Å². The molecule has 0 aromatic heterocycles. The molecule has 0 saturated heterocycles. The van der Waals surface area contributed by atoms with E-state index in [1.807, 2.05) is 0 Å². The van der Waals surface area contributed by atoms with Gasteiger partial charge >= 0.3 is 0 Å². The summed E-state index contributed by atoms with van der Waals surface area (Å²) >= 11 is 0. The molecule has 0 spiro atoms. The van der Waals surface area contributed by atoms with Gasteiger partial charge in [0.25, 0.3) is 0 Å². The molecule has 0 heterocycles. The Morgan fingerprint density at radius 2 is 1.71 bits per heavy atom. The summed E-state index contributed by atoms with van der Waals surface area (Å²) in [6.07, 6.45) is 0. The van der Waals surface area contributed by atoms with Crippen LogP contribution in [-0.4, -0.2) is 22.0 Å². The number of hydrogen-bond donors (Lipinski definition) is 3. The molecule has 0 aliphatic heterocycles. The quantitative estimate of drug-likeness (QED) is 0.376. The monoisotopic (exact) mass is 105 g/mol. The van der Waals surface area contributed by atoms with Crippen LogP contribution in [-0.2, 0) is 0 Å². The number of aliphatic hydroxyl groups is 2. The summed E-state index contributed by atoms with van der Waals surface area (Å²) in [5, 5.41) is 17.1. The summed E-state index contributed by atoms with van der Waals surface area (Å²) in [7, 11) is 0. The van der Waals surface area contributed by atoms with Gasteiger partial charge in [0.2, 0.25) is 0 Å². The zero-order chi connectivity index (χ0) is 6.08. The minimum Gasteiger partial charge on any atom is -0.365 e. The fraction of sp³-hybridized carbons (Fsp3) is 1.00. The Kier molecular flexibility index (Phi) is 1.75. The summed E-state index contributed by atoms with van der Waals surface area (Å²) in [5.74, 6) is -1.72. The van der Waals surface area contributed by atoms with Gasteiger partial charge in [-0.15, -0.1) is 0 Å². The van der Waals surface area contributed by atoms with Crippen LogP contribution in [0.3, 0.4) is 0 Å². The second-order valence-electron chi connectivity index (χ2n) is 1.88. The highest BCUT2D eigenvalue weighted by molar-refractivity contribution is 4.67. The zero-order valence-electron chi connectivity index (χ0n) is 4.55. The first-order valence-corrected chi connectivity index (χ1v) is 2.15. The van der Waals surface area contributed by atoms with Gasteiger partial charge < -0.3 is 15.9 Å². The van der Waals surface area contributed by atoms with Crippen molar-refractivity contribution in [1.82, 2.24) is 0 Å². The van der Waals surface area contributed by atoms with Gasteiger partial charge in [0.05, 0.1) is 6.04 Å². The molecule has 7 heavy (non-hydrogen) atoms. The lowest BCUT2D eigenvalue weighted by Gasteiger charge is -2.19. The smallest absolute Gasteiger partial charge is 0.174 e. The molecule has 0 aliphatic rings.